The lowest BCUT2D eigenvalue weighted by Gasteiger charge is -2.33. The zero-order chi connectivity index (χ0) is 42.2. The van der Waals surface area contributed by atoms with E-state index in [4.69, 9.17) is 23.7 Å². The van der Waals surface area contributed by atoms with Crippen LogP contribution in [0.25, 0.3) is 11.1 Å². The fraction of sp³-hybridized carbons (Fsp3) is 0.558. The number of hydrogen-bond acceptors (Lipinski definition) is 12. The van der Waals surface area contributed by atoms with Gasteiger partial charge in [0.05, 0.1) is 7.11 Å². The van der Waals surface area contributed by atoms with Gasteiger partial charge in [-0.25, -0.2) is 19.2 Å². The summed E-state index contributed by atoms with van der Waals surface area (Å²) in [6.07, 6.45) is 0.222. The van der Waals surface area contributed by atoms with Gasteiger partial charge >= 0.3 is 24.1 Å². The van der Waals surface area contributed by atoms with Crippen molar-refractivity contribution >= 4 is 41.6 Å². The van der Waals surface area contributed by atoms with E-state index in [1.165, 1.54) is 16.9 Å². The lowest BCUT2D eigenvalue weighted by atomic mass is 9.84. The Morgan fingerprint density at radius 1 is 0.845 bits per heavy atom. The lowest BCUT2D eigenvalue weighted by Crippen LogP contribution is -2.56. The summed E-state index contributed by atoms with van der Waals surface area (Å²) in [7, 11) is 1.21. The van der Waals surface area contributed by atoms with Crippen LogP contribution in [0.5, 0.6) is 5.75 Å². The first kappa shape index (κ1) is 42.1. The number of alkyl carbamates (subject to hydrolysis) is 1. The Kier molecular flexibility index (Phi) is 12.2. The molecule has 0 saturated carbocycles. The zero-order valence-electron chi connectivity index (χ0n) is 34.4. The van der Waals surface area contributed by atoms with Crippen LogP contribution in [0.2, 0.25) is 0 Å². The lowest BCUT2D eigenvalue weighted by molar-refractivity contribution is -0.158. The molecule has 2 aromatic rings. The minimum absolute atomic E-state index is 0.116. The van der Waals surface area contributed by atoms with Crippen LogP contribution < -0.4 is 10.1 Å². The minimum Gasteiger partial charge on any atom is -0.488 e. The maximum Gasteiger partial charge on any atom is 0.411 e. The SMILES string of the molecule is COC(=O)NC(C(=O)N1C(C)CCC1C(=O)O[C@H]1CCc2cc3c(cc2C1=O)OCc1cc(C(=O)COC(=O)[C@@H]2CC[C@H](C)N2C(=O)OC(C)(C)C)ccc1-3)C(C)C. The van der Waals surface area contributed by atoms with Gasteiger partial charge in [0.1, 0.15) is 36.1 Å². The third-order valence-electron chi connectivity index (χ3n) is 11.3. The quantitative estimate of drug-likeness (QED) is 0.190. The number of esters is 2. The number of nitrogens with one attached hydrogen (secondary N) is 1. The van der Waals surface area contributed by atoms with E-state index in [0.29, 0.717) is 49.0 Å². The third kappa shape index (κ3) is 8.68. The molecule has 0 bridgehead atoms. The maximum absolute atomic E-state index is 13.8. The molecule has 15 nitrogen and oxygen atoms in total. The van der Waals surface area contributed by atoms with Gasteiger partial charge in [-0.1, -0.05) is 26.0 Å². The summed E-state index contributed by atoms with van der Waals surface area (Å²) in [6.45, 7) is 12.1. The Labute approximate surface area is 338 Å². The van der Waals surface area contributed by atoms with E-state index in [1.807, 2.05) is 19.9 Å². The summed E-state index contributed by atoms with van der Waals surface area (Å²) in [5.41, 5.74) is 3.07. The number of amides is 3. The first-order valence-corrected chi connectivity index (χ1v) is 19.9. The highest BCUT2D eigenvalue weighted by molar-refractivity contribution is 6.04. The number of aryl methyl sites for hydroxylation is 1. The van der Waals surface area contributed by atoms with E-state index in [9.17, 15) is 33.6 Å². The minimum atomic E-state index is -1.05. The monoisotopic (exact) mass is 803 g/mol. The van der Waals surface area contributed by atoms with Crippen LogP contribution in [-0.2, 0) is 46.4 Å². The third-order valence-corrected chi connectivity index (χ3v) is 11.3. The van der Waals surface area contributed by atoms with Crippen molar-refractivity contribution < 1.29 is 57.2 Å². The smallest absolute Gasteiger partial charge is 0.411 e. The largest absolute Gasteiger partial charge is 0.488 e. The molecule has 3 unspecified atom stereocenters. The highest BCUT2D eigenvalue weighted by Gasteiger charge is 2.45. The Bertz CT molecular complexity index is 2000. The summed E-state index contributed by atoms with van der Waals surface area (Å²) in [6, 6.07) is 5.55. The van der Waals surface area contributed by atoms with Crippen LogP contribution in [0.3, 0.4) is 0 Å². The molecular weight excluding hydrogens is 750 g/mol. The Morgan fingerprint density at radius 2 is 1.52 bits per heavy atom. The van der Waals surface area contributed by atoms with Crippen LogP contribution in [0.4, 0.5) is 9.59 Å². The van der Waals surface area contributed by atoms with Gasteiger partial charge in [-0.2, -0.15) is 0 Å². The van der Waals surface area contributed by atoms with Crippen molar-refractivity contribution in [1.29, 1.82) is 0 Å². The molecule has 2 fully saturated rings. The van der Waals surface area contributed by atoms with Crippen molar-refractivity contribution in [3.63, 3.8) is 0 Å². The van der Waals surface area contributed by atoms with Crippen molar-refractivity contribution in [3.05, 3.63) is 52.6 Å². The highest BCUT2D eigenvalue weighted by atomic mass is 16.6. The van der Waals surface area contributed by atoms with Crippen molar-refractivity contribution in [2.24, 2.45) is 5.92 Å². The van der Waals surface area contributed by atoms with Crippen molar-refractivity contribution in [2.75, 3.05) is 13.7 Å². The van der Waals surface area contributed by atoms with Crippen molar-refractivity contribution in [1.82, 2.24) is 15.1 Å². The molecule has 3 heterocycles. The molecule has 2 saturated heterocycles. The van der Waals surface area contributed by atoms with Crippen molar-refractivity contribution in [2.45, 2.75) is 136 Å². The number of carbonyl (C=O) groups is 7. The number of ether oxygens (including phenoxy) is 5. The first-order chi connectivity index (χ1) is 27.4. The Balaban J connectivity index is 1.10. The Morgan fingerprint density at radius 3 is 2.17 bits per heavy atom. The van der Waals surface area contributed by atoms with E-state index >= 15 is 0 Å². The molecule has 6 atom stereocenters. The van der Waals surface area contributed by atoms with Crippen LogP contribution in [0, 0.1) is 5.92 Å². The zero-order valence-corrected chi connectivity index (χ0v) is 34.4. The number of methoxy groups -OCH3 is 1. The second-order valence-electron chi connectivity index (χ2n) is 16.9. The van der Waals surface area contributed by atoms with Crippen molar-refractivity contribution in [3.8, 4) is 16.9 Å². The number of likely N-dealkylation sites (tertiary alicyclic amines) is 2. The number of hydrogen-bond donors (Lipinski definition) is 1. The fourth-order valence-corrected chi connectivity index (χ4v) is 8.22. The number of fused-ring (bicyclic) bond motifs is 4. The molecule has 0 spiro atoms. The predicted molar refractivity (Wildman–Crippen MR) is 208 cm³/mol. The molecule has 15 heteroatoms. The van der Waals surface area contributed by atoms with Gasteiger partial charge in [-0.05, 0) is 114 Å². The molecule has 58 heavy (non-hydrogen) atoms. The molecule has 2 aromatic carbocycles. The van der Waals surface area contributed by atoms with Crippen LogP contribution >= 0.6 is 0 Å². The van der Waals surface area contributed by atoms with Gasteiger partial charge in [-0.3, -0.25) is 19.3 Å². The molecule has 1 N–H and O–H groups in total. The summed E-state index contributed by atoms with van der Waals surface area (Å²) in [5, 5.41) is 2.57. The second-order valence-corrected chi connectivity index (χ2v) is 16.9. The van der Waals surface area contributed by atoms with Gasteiger partial charge < -0.3 is 33.9 Å². The average Bonchev–Trinajstić information content (AvgIpc) is 3.77. The number of ketones is 2. The molecule has 0 radical (unpaired) electrons. The van der Waals surface area contributed by atoms with E-state index in [1.54, 1.807) is 58.9 Å². The number of benzene rings is 2. The summed E-state index contributed by atoms with van der Waals surface area (Å²) >= 11 is 0. The number of rotatable bonds is 9. The molecule has 312 valence electrons. The highest BCUT2D eigenvalue weighted by Crippen LogP contribution is 2.42. The molecule has 3 amide bonds. The van der Waals surface area contributed by atoms with Gasteiger partial charge in [0.2, 0.25) is 11.7 Å². The van der Waals surface area contributed by atoms with E-state index in [0.717, 1.165) is 22.3 Å². The molecule has 4 aliphatic rings. The van der Waals surface area contributed by atoms with E-state index < -0.39 is 72.3 Å². The standard InChI is InChI=1S/C43H53N3O12/c1-22(2)36(44-41(52)54-8)38(49)45-23(3)9-15-32(45)40(51)57-34-16-12-25-18-30-28-13-11-26(17-27(28)20-55-35(30)19-29(25)37(34)48)33(47)21-56-39(50)31-14-10-24(4)46(31)42(53)58-43(5,6)7/h11,13,17-19,22-24,31-32,34,36H,9-10,12,14-16,20-21H2,1-8H3,(H,44,52)/t23?,24-,31-,32?,34-,36?/m0/s1. The van der Waals surface area contributed by atoms with Crippen LogP contribution in [0.15, 0.2) is 30.3 Å². The molecule has 3 aliphatic heterocycles. The number of nitrogens with zero attached hydrogens (tertiary/aromatic N) is 2. The van der Waals surface area contributed by atoms with Gasteiger partial charge in [-0.15, -0.1) is 0 Å². The van der Waals surface area contributed by atoms with Crippen LogP contribution in [0.1, 0.15) is 112 Å². The predicted octanol–water partition coefficient (Wildman–Crippen LogP) is 5.56. The molecular formula is C43H53N3O12. The van der Waals surface area contributed by atoms with Crippen LogP contribution in [-0.4, -0.2) is 107 Å². The average molecular weight is 804 g/mol. The summed E-state index contributed by atoms with van der Waals surface area (Å²) in [4.78, 5) is 95.0. The molecule has 0 aromatic heterocycles. The first-order valence-electron chi connectivity index (χ1n) is 19.9. The fourth-order valence-electron chi connectivity index (χ4n) is 8.22. The number of carbonyl (C=O) groups excluding carboxylic acids is 7. The maximum atomic E-state index is 13.8. The van der Waals surface area contributed by atoms with Gasteiger partial charge in [0.25, 0.3) is 0 Å². The van der Waals surface area contributed by atoms with E-state index in [2.05, 4.69) is 5.32 Å². The van der Waals surface area contributed by atoms with Gasteiger partial charge in [0.15, 0.2) is 18.5 Å². The second kappa shape index (κ2) is 16.8. The molecule has 1 aliphatic carbocycles. The molecule has 6 rings (SSSR count). The summed E-state index contributed by atoms with van der Waals surface area (Å²) in [5.74, 6) is -2.33. The number of Topliss-reactive ketones (excluding diaryl/α,β-unsaturated/α-hetero) is 2. The Hall–Kier alpha value is -5.47. The van der Waals surface area contributed by atoms with E-state index in [-0.39, 0.29) is 36.8 Å². The summed E-state index contributed by atoms with van der Waals surface area (Å²) < 4.78 is 27.5. The normalized spacial score (nSPS) is 22.8. The van der Waals surface area contributed by atoms with Gasteiger partial charge in [0, 0.05) is 28.8 Å². The topological polar surface area (TPSA) is 184 Å².